The standard InChI is InChI=1S/C18H21N5O4S/c19-18-21-14-11(15(24)22-18)7-9(8-20-14)1-2-10-3-4-13(28-10)16(25)23-6-5-12(23)17(26)27/h3-4,9,12H,1-2,5-8H2,(H,26,27)(H4,19,20,21,22,24). The van der Waals surface area contributed by atoms with E-state index in [2.05, 4.69) is 15.3 Å². The van der Waals surface area contributed by atoms with Gasteiger partial charge in [0.25, 0.3) is 11.5 Å². The van der Waals surface area contributed by atoms with E-state index in [0.717, 1.165) is 17.7 Å². The number of carbonyl (C=O) groups is 2. The number of thiophene rings is 1. The average molecular weight is 403 g/mol. The molecule has 9 nitrogen and oxygen atoms in total. The van der Waals surface area contributed by atoms with Gasteiger partial charge in [-0.3, -0.25) is 14.6 Å². The van der Waals surface area contributed by atoms with Crippen LogP contribution >= 0.6 is 11.3 Å². The number of H-pyrrole nitrogens is 1. The molecule has 2 aromatic rings. The fraction of sp³-hybridized carbons (Fsp3) is 0.444. The third kappa shape index (κ3) is 3.47. The number of carbonyl (C=O) groups excluding carboxylic acids is 1. The predicted molar refractivity (Wildman–Crippen MR) is 105 cm³/mol. The lowest BCUT2D eigenvalue weighted by molar-refractivity contribution is -0.146. The number of hydrogen-bond donors (Lipinski definition) is 4. The molecule has 0 spiro atoms. The Hall–Kier alpha value is -2.88. The van der Waals surface area contributed by atoms with Gasteiger partial charge in [-0.1, -0.05) is 0 Å². The number of nitrogens with one attached hydrogen (secondary N) is 2. The molecule has 1 saturated heterocycles. The third-order valence-electron chi connectivity index (χ3n) is 5.32. The number of carboxylic acids is 1. The minimum Gasteiger partial charge on any atom is -0.480 e. The number of anilines is 2. The summed E-state index contributed by atoms with van der Waals surface area (Å²) in [5, 5.41) is 12.3. The van der Waals surface area contributed by atoms with Gasteiger partial charge in [-0.15, -0.1) is 11.3 Å². The van der Waals surface area contributed by atoms with Crippen LogP contribution in [0.2, 0.25) is 0 Å². The van der Waals surface area contributed by atoms with Crippen molar-refractivity contribution in [3.8, 4) is 0 Å². The second-order valence-corrected chi connectivity index (χ2v) is 8.34. The van der Waals surface area contributed by atoms with Gasteiger partial charge in [-0.25, -0.2) is 4.79 Å². The first kappa shape index (κ1) is 18.5. The van der Waals surface area contributed by atoms with Crippen molar-refractivity contribution in [2.75, 3.05) is 24.1 Å². The number of rotatable bonds is 5. The van der Waals surface area contributed by atoms with Gasteiger partial charge in [0, 0.05) is 18.0 Å². The molecule has 2 aliphatic rings. The molecule has 28 heavy (non-hydrogen) atoms. The van der Waals surface area contributed by atoms with Gasteiger partial charge < -0.3 is 21.1 Å². The summed E-state index contributed by atoms with van der Waals surface area (Å²) in [6, 6.07) is 2.99. The number of carboxylic acid groups (broad SMARTS) is 1. The molecule has 10 heteroatoms. The van der Waals surface area contributed by atoms with Crippen LogP contribution in [0.5, 0.6) is 0 Å². The lowest BCUT2D eigenvalue weighted by Gasteiger charge is -2.37. The highest BCUT2D eigenvalue weighted by Crippen LogP contribution is 2.28. The number of nitrogen functional groups attached to an aromatic ring is 1. The second-order valence-electron chi connectivity index (χ2n) is 7.18. The molecule has 2 atom stereocenters. The van der Waals surface area contributed by atoms with Crippen LogP contribution in [0.4, 0.5) is 11.8 Å². The highest BCUT2D eigenvalue weighted by Gasteiger charge is 2.38. The highest BCUT2D eigenvalue weighted by atomic mass is 32.1. The largest absolute Gasteiger partial charge is 0.480 e. The first-order valence-electron chi connectivity index (χ1n) is 9.17. The van der Waals surface area contributed by atoms with Crippen LogP contribution in [-0.4, -0.2) is 51.0 Å². The van der Waals surface area contributed by atoms with Crippen LogP contribution in [0.3, 0.4) is 0 Å². The molecule has 4 rings (SSSR count). The van der Waals surface area contributed by atoms with E-state index in [4.69, 9.17) is 10.8 Å². The Morgan fingerprint density at radius 1 is 1.39 bits per heavy atom. The maximum absolute atomic E-state index is 12.5. The molecular formula is C18H21N5O4S. The Labute approximate surface area is 164 Å². The Kier molecular flexibility index (Phi) is 4.80. The minimum atomic E-state index is -0.951. The van der Waals surface area contributed by atoms with E-state index in [0.29, 0.717) is 42.2 Å². The van der Waals surface area contributed by atoms with Crippen molar-refractivity contribution in [1.29, 1.82) is 0 Å². The van der Waals surface area contributed by atoms with Crippen molar-refractivity contribution in [2.45, 2.75) is 31.7 Å². The topological polar surface area (TPSA) is 141 Å². The van der Waals surface area contributed by atoms with Crippen LogP contribution < -0.4 is 16.6 Å². The number of likely N-dealkylation sites (tertiary alicyclic amines) is 1. The van der Waals surface area contributed by atoms with E-state index < -0.39 is 12.0 Å². The van der Waals surface area contributed by atoms with Crippen LogP contribution in [0.25, 0.3) is 0 Å². The summed E-state index contributed by atoms with van der Waals surface area (Å²) < 4.78 is 0. The number of nitrogens with zero attached hydrogens (tertiary/aromatic N) is 2. The van der Waals surface area contributed by atoms with E-state index in [1.807, 2.05) is 6.07 Å². The van der Waals surface area contributed by atoms with Gasteiger partial charge in [0.05, 0.1) is 10.4 Å². The van der Waals surface area contributed by atoms with Gasteiger partial charge in [0.1, 0.15) is 11.9 Å². The number of aliphatic carboxylic acids is 1. The Balaban J connectivity index is 1.36. The van der Waals surface area contributed by atoms with Crippen molar-refractivity contribution in [3.05, 3.63) is 37.8 Å². The first-order chi connectivity index (χ1) is 13.4. The van der Waals surface area contributed by atoms with E-state index >= 15 is 0 Å². The SMILES string of the molecule is Nc1nc2c(c(=O)[nH]1)CC(CCc1ccc(C(=O)N3CCC3C(=O)O)s1)CN2. The monoisotopic (exact) mass is 403 g/mol. The lowest BCUT2D eigenvalue weighted by Crippen LogP contribution is -2.54. The highest BCUT2D eigenvalue weighted by molar-refractivity contribution is 7.14. The predicted octanol–water partition coefficient (Wildman–Crippen LogP) is 0.930. The summed E-state index contributed by atoms with van der Waals surface area (Å²) in [7, 11) is 0. The van der Waals surface area contributed by atoms with E-state index in [1.54, 1.807) is 6.07 Å². The average Bonchev–Trinajstić information content (AvgIpc) is 3.07. The summed E-state index contributed by atoms with van der Waals surface area (Å²) in [4.78, 5) is 45.4. The van der Waals surface area contributed by atoms with Crippen LogP contribution in [0.1, 0.15) is 33.0 Å². The second kappa shape index (κ2) is 7.27. The molecule has 148 valence electrons. The van der Waals surface area contributed by atoms with Gasteiger partial charge in [0.15, 0.2) is 0 Å². The molecule has 1 amide bonds. The molecule has 0 saturated carbocycles. The fourth-order valence-electron chi connectivity index (χ4n) is 3.66. The van der Waals surface area contributed by atoms with Crippen molar-refractivity contribution in [1.82, 2.24) is 14.9 Å². The summed E-state index contributed by atoms with van der Waals surface area (Å²) in [6.45, 7) is 1.21. The van der Waals surface area contributed by atoms with Gasteiger partial charge in [-0.2, -0.15) is 4.98 Å². The third-order valence-corrected chi connectivity index (χ3v) is 6.45. The summed E-state index contributed by atoms with van der Waals surface area (Å²) in [6.07, 6.45) is 2.80. The zero-order chi connectivity index (χ0) is 19.8. The van der Waals surface area contributed by atoms with Crippen LogP contribution in [-0.2, 0) is 17.6 Å². The van der Waals surface area contributed by atoms with Gasteiger partial charge in [-0.05, 0) is 43.7 Å². The van der Waals surface area contributed by atoms with Crippen molar-refractivity contribution in [2.24, 2.45) is 5.92 Å². The quantitative estimate of drug-likeness (QED) is 0.582. The molecule has 5 N–H and O–H groups in total. The van der Waals surface area contributed by atoms with Crippen molar-refractivity contribution < 1.29 is 14.7 Å². The number of nitrogens with two attached hydrogens (primary N) is 1. The van der Waals surface area contributed by atoms with Crippen LogP contribution in [0, 0.1) is 5.92 Å². The summed E-state index contributed by atoms with van der Waals surface area (Å²) in [5.74, 6) is -0.208. The number of aryl methyl sites for hydroxylation is 1. The molecule has 1 fully saturated rings. The van der Waals surface area contributed by atoms with Gasteiger partial charge >= 0.3 is 5.97 Å². The minimum absolute atomic E-state index is 0.109. The lowest BCUT2D eigenvalue weighted by atomic mass is 9.92. The van der Waals surface area contributed by atoms with Gasteiger partial charge in [0.2, 0.25) is 5.95 Å². The van der Waals surface area contributed by atoms with Crippen molar-refractivity contribution >= 4 is 35.0 Å². The Morgan fingerprint density at radius 3 is 2.93 bits per heavy atom. The number of hydrogen-bond acceptors (Lipinski definition) is 7. The van der Waals surface area contributed by atoms with E-state index in [-0.39, 0.29) is 23.3 Å². The molecule has 2 aromatic heterocycles. The molecule has 0 aliphatic carbocycles. The molecule has 2 aliphatic heterocycles. The smallest absolute Gasteiger partial charge is 0.326 e. The number of aromatic nitrogens is 2. The molecule has 0 bridgehead atoms. The van der Waals surface area contributed by atoms with Crippen molar-refractivity contribution in [3.63, 3.8) is 0 Å². The fourth-order valence-corrected chi connectivity index (χ4v) is 4.64. The van der Waals surface area contributed by atoms with E-state index in [1.165, 1.54) is 16.2 Å². The molecule has 0 aromatic carbocycles. The number of fused-ring (bicyclic) bond motifs is 1. The normalized spacial score (nSPS) is 20.8. The maximum atomic E-state index is 12.5. The molecule has 2 unspecified atom stereocenters. The molecule has 0 radical (unpaired) electrons. The molecular weight excluding hydrogens is 382 g/mol. The summed E-state index contributed by atoms with van der Waals surface area (Å²) >= 11 is 1.41. The zero-order valence-corrected chi connectivity index (χ0v) is 15.9. The van der Waals surface area contributed by atoms with E-state index in [9.17, 15) is 14.4 Å². The number of amides is 1. The molecule has 4 heterocycles. The number of aromatic amines is 1. The van der Waals surface area contributed by atoms with Crippen LogP contribution in [0.15, 0.2) is 16.9 Å². The first-order valence-corrected chi connectivity index (χ1v) is 9.99. The Bertz CT molecular complexity index is 985. The Morgan fingerprint density at radius 2 is 2.21 bits per heavy atom. The maximum Gasteiger partial charge on any atom is 0.326 e. The summed E-state index contributed by atoms with van der Waals surface area (Å²) in [5.41, 5.74) is 6.00. The zero-order valence-electron chi connectivity index (χ0n) is 15.1.